The molecule has 0 bridgehead atoms. The van der Waals surface area contributed by atoms with E-state index in [4.69, 9.17) is 4.74 Å². The van der Waals surface area contributed by atoms with Crippen molar-refractivity contribution in [3.63, 3.8) is 0 Å². The van der Waals surface area contributed by atoms with Gasteiger partial charge in [0.05, 0.1) is 11.5 Å². The Kier molecular flexibility index (Phi) is 9.61. The number of hydrogen-bond acceptors (Lipinski definition) is 4. The number of sulfonamides is 1. The molecule has 0 heterocycles. The molecule has 116 valence electrons. The molecule has 0 atom stereocenters. The topological polar surface area (TPSA) is 67.4 Å². The summed E-state index contributed by atoms with van der Waals surface area (Å²) in [7, 11) is -1.82. The molecule has 0 aliphatic carbocycles. The molecule has 0 unspecified atom stereocenters. The third-order valence-corrected chi connectivity index (χ3v) is 4.84. The lowest BCUT2D eigenvalue weighted by Crippen LogP contribution is -2.33. The summed E-state index contributed by atoms with van der Waals surface area (Å²) in [4.78, 5) is 0.266. The van der Waals surface area contributed by atoms with Crippen LogP contribution in [-0.4, -0.2) is 41.8 Å². The fraction of sp³-hybridized carbons (Fsp3) is 0.500. The lowest BCUT2D eigenvalue weighted by Gasteiger charge is -2.08. The minimum Gasteiger partial charge on any atom is -0.383 e. The van der Waals surface area contributed by atoms with E-state index in [1.54, 1.807) is 25.3 Å². The SMILES string of the molecule is COCCNCCNS(=O)(=O)c1ccc(C)c(Br)c1.Cl. The largest absolute Gasteiger partial charge is 0.383 e. The van der Waals surface area contributed by atoms with Gasteiger partial charge in [-0.25, -0.2) is 13.1 Å². The number of ether oxygens (including phenoxy) is 1. The van der Waals surface area contributed by atoms with Crippen molar-refractivity contribution in [3.8, 4) is 0 Å². The van der Waals surface area contributed by atoms with E-state index >= 15 is 0 Å². The molecule has 0 radical (unpaired) electrons. The van der Waals surface area contributed by atoms with Crippen LogP contribution in [0.25, 0.3) is 0 Å². The molecule has 0 amide bonds. The van der Waals surface area contributed by atoms with Gasteiger partial charge in [-0.3, -0.25) is 0 Å². The molecule has 5 nitrogen and oxygen atoms in total. The van der Waals surface area contributed by atoms with Gasteiger partial charge < -0.3 is 10.1 Å². The van der Waals surface area contributed by atoms with E-state index in [-0.39, 0.29) is 17.3 Å². The normalized spacial score (nSPS) is 11.2. The lowest BCUT2D eigenvalue weighted by atomic mass is 10.2. The van der Waals surface area contributed by atoms with Crippen LogP contribution in [0.1, 0.15) is 5.56 Å². The highest BCUT2D eigenvalue weighted by molar-refractivity contribution is 9.10. The molecule has 0 fully saturated rings. The summed E-state index contributed by atoms with van der Waals surface area (Å²) < 4.78 is 32.2. The molecular formula is C12H20BrClN2O3S. The van der Waals surface area contributed by atoms with E-state index in [1.165, 1.54) is 0 Å². The van der Waals surface area contributed by atoms with Crippen molar-refractivity contribution in [1.29, 1.82) is 0 Å². The first kappa shape index (κ1) is 19.8. The second-order valence-electron chi connectivity index (χ2n) is 4.05. The second kappa shape index (κ2) is 9.70. The fourth-order valence-electron chi connectivity index (χ4n) is 1.40. The summed E-state index contributed by atoms with van der Waals surface area (Å²) in [6, 6.07) is 4.98. The first-order chi connectivity index (χ1) is 8.97. The minimum absolute atomic E-state index is 0. The molecule has 0 aliphatic heterocycles. The van der Waals surface area contributed by atoms with Gasteiger partial charge in [-0.1, -0.05) is 22.0 Å². The Hall–Kier alpha value is -0.180. The van der Waals surface area contributed by atoms with Gasteiger partial charge in [0.15, 0.2) is 0 Å². The van der Waals surface area contributed by atoms with Crippen molar-refractivity contribution >= 4 is 38.4 Å². The van der Waals surface area contributed by atoms with Crippen molar-refractivity contribution in [2.45, 2.75) is 11.8 Å². The smallest absolute Gasteiger partial charge is 0.240 e. The highest BCUT2D eigenvalue weighted by Gasteiger charge is 2.13. The average molecular weight is 388 g/mol. The van der Waals surface area contributed by atoms with Crippen LogP contribution in [0.5, 0.6) is 0 Å². The lowest BCUT2D eigenvalue weighted by molar-refractivity contribution is 0.199. The van der Waals surface area contributed by atoms with Crippen molar-refractivity contribution in [3.05, 3.63) is 28.2 Å². The van der Waals surface area contributed by atoms with E-state index < -0.39 is 10.0 Å². The third-order valence-electron chi connectivity index (χ3n) is 2.53. The maximum atomic E-state index is 12.0. The van der Waals surface area contributed by atoms with Crippen LogP contribution >= 0.6 is 28.3 Å². The minimum atomic E-state index is -3.44. The van der Waals surface area contributed by atoms with Crippen molar-refractivity contribution < 1.29 is 13.2 Å². The summed E-state index contributed by atoms with van der Waals surface area (Å²) in [5, 5.41) is 3.07. The molecule has 1 aromatic carbocycles. The van der Waals surface area contributed by atoms with Crippen LogP contribution in [0.4, 0.5) is 0 Å². The first-order valence-electron chi connectivity index (χ1n) is 5.93. The third kappa shape index (κ3) is 6.51. The van der Waals surface area contributed by atoms with E-state index in [0.717, 1.165) is 10.0 Å². The number of methoxy groups -OCH3 is 1. The number of benzene rings is 1. The Balaban J connectivity index is 0.00000361. The van der Waals surface area contributed by atoms with Gasteiger partial charge in [-0.05, 0) is 24.6 Å². The van der Waals surface area contributed by atoms with Crippen LogP contribution in [0.2, 0.25) is 0 Å². The molecule has 0 saturated heterocycles. The second-order valence-corrected chi connectivity index (χ2v) is 6.67. The number of halogens is 2. The van der Waals surface area contributed by atoms with Crippen LogP contribution in [0.15, 0.2) is 27.6 Å². The number of rotatable bonds is 8. The molecule has 2 N–H and O–H groups in total. The zero-order valence-electron chi connectivity index (χ0n) is 11.5. The first-order valence-corrected chi connectivity index (χ1v) is 8.20. The quantitative estimate of drug-likeness (QED) is 0.666. The zero-order chi connectivity index (χ0) is 14.3. The fourth-order valence-corrected chi connectivity index (χ4v) is 2.99. The van der Waals surface area contributed by atoms with Gasteiger partial charge in [0.1, 0.15) is 0 Å². The van der Waals surface area contributed by atoms with E-state index in [0.29, 0.717) is 26.2 Å². The van der Waals surface area contributed by atoms with Crippen molar-refractivity contribution in [2.75, 3.05) is 33.4 Å². The molecule has 1 rings (SSSR count). The summed E-state index contributed by atoms with van der Waals surface area (Å²) in [5.74, 6) is 0. The maximum absolute atomic E-state index is 12.0. The standard InChI is InChI=1S/C12H19BrN2O3S.ClH/c1-10-3-4-11(9-12(10)13)19(16,17)15-6-5-14-7-8-18-2;/h3-4,9,14-15H,5-8H2,1-2H3;1H. The predicted octanol–water partition coefficient (Wildman–Crippen LogP) is 1.69. The Morgan fingerprint density at radius 3 is 2.55 bits per heavy atom. The van der Waals surface area contributed by atoms with Crippen molar-refractivity contribution in [1.82, 2.24) is 10.0 Å². The van der Waals surface area contributed by atoms with E-state index in [2.05, 4.69) is 26.0 Å². The molecule has 0 spiro atoms. The number of nitrogens with one attached hydrogen (secondary N) is 2. The maximum Gasteiger partial charge on any atom is 0.240 e. The van der Waals surface area contributed by atoms with Crippen LogP contribution in [0.3, 0.4) is 0 Å². The van der Waals surface area contributed by atoms with Gasteiger partial charge in [-0.2, -0.15) is 0 Å². The van der Waals surface area contributed by atoms with Gasteiger partial charge in [0, 0.05) is 31.2 Å². The molecular weight excluding hydrogens is 368 g/mol. The summed E-state index contributed by atoms with van der Waals surface area (Å²) >= 11 is 3.33. The highest BCUT2D eigenvalue weighted by atomic mass is 79.9. The zero-order valence-corrected chi connectivity index (χ0v) is 14.7. The molecule has 0 aromatic heterocycles. The molecule has 0 aliphatic rings. The molecule has 20 heavy (non-hydrogen) atoms. The van der Waals surface area contributed by atoms with Gasteiger partial charge in [0.2, 0.25) is 10.0 Å². The Morgan fingerprint density at radius 1 is 1.25 bits per heavy atom. The van der Waals surface area contributed by atoms with E-state index in [9.17, 15) is 8.42 Å². The Morgan fingerprint density at radius 2 is 1.95 bits per heavy atom. The summed E-state index contributed by atoms with van der Waals surface area (Å²) in [6.07, 6.45) is 0. The Bertz CT molecular complexity index is 511. The highest BCUT2D eigenvalue weighted by Crippen LogP contribution is 2.20. The van der Waals surface area contributed by atoms with Gasteiger partial charge in [-0.15, -0.1) is 12.4 Å². The average Bonchev–Trinajstić information content (AvgIpc) is 2.36. The molecule has 0 saturated carbocycles. The summed E-state index contributed by atoms with van der Waals surface area (Å²) in [5.41, 5.74) is 1.00. The van der Waals surface area contributed by atoms with Crippen LogP contribution in [0, 0.1) is 6.92 Å². The van der Waals surface area contributed by atoms with Gasteiger partial charge in [0.25, 0.3) is 0 Å². The van der Waals surface area contributed by atoms with E-state index in [1.807, 2.05) is 6.92 Å². The molecule has 1 aromatic rings. The predicted molar refractivity (Wildman–Crippen MR) is 86.1 cm³/mol. The van der Waals surface area contributed by atoms with Crippen molar-refractivity contribution in [2.24, 2.45) is 0 Å². The monoisotopic (exact) mass is 386 g/mol. The Labute approximate surface area is 135 Å². The number of aryl methyl sites for hydroxylation is 1. The van der Waals surface area contributed by atoms with Crippen LogP contribution < -0.4 is 10.0 Å². The van der Waals surface area contributed by atoms with Crippen LogP contribution in [-0.2, 0) is 14.8 Å². The summed E-state index contributed by atoms with van der Waals surface area (Å²) in [6.45, 7) is 4.13. The number of hydrogen-bond donors (Lipinski definition) is 2. The molecule has 8 heteroatoms. The van der Waals surface area contributed by atoms with Gasteiger partial charge >= 0.3 is 0 Å².